The molecule has 0 aliphatic carbocycles. The topological polar surface area (TPSA) is 20.3 Å². The monoisotopic (exact) mass is 457 g/mol. The summed E-state index contributed by atoms with van der Waals surface area (Å²) in [6.07, 6.45) is -0.133. The predicted molar refractivity (Wildman–Crippen MR) is 122 cm³/mol. The van der Waals surface area contributed by atoms with Crippen molar-refractivity contribution in [2.45, 2.75) is 38.1 Å². The Morgan fingerprint density at radius 1 is 0.879 bits per heavy atom. The van der Waals surface area contributed by atoms with Crippen LogP contribution in [0.1, 0.15) is 37.8 Å². The molecule has 0 fully saturated rings. The van der Waals surface area contributed by atoms with Gasteiger partial charge in [-0.15, -0.1) is 0 Å². The van der Waals surface area contributed by atoms with Gasteiger partial charge >= 0.3 is 0 Å². The van der Waals surface area contributed by atoms with Crippen molar-refractivity contribution in [2.24, 2.45) is 0 Å². The summed E-state index contributed by atoms with van der Waals surface area (Å²) >= 11 is 0. The average Bonchev–Trinajstić information content (AvgIpc) is 2.82. The third kappa shape index (κ3) is 4.58. The molecule has 33 heavy (non-hydrogen) atoms. The van der Waals surface area contributed by atoms with E-state index < -0.39 is 40.0 Å². The van der Waals surface area contributed by atoms with E-state index in [-0.39, 0.29) is 30.5 Å². The van der Waals surface area contributed by atoms with E-state index in [9.17, 15) is 13.6 Å². The Morgan fingerprint density at radius 3 is 1.88 bits per heavy atom. The molecule has 0 aromatic heterocycles. The minimum atomic E-state index is -1.91. The Labute approximate surface area is 191 Å². The van der Waals surface area contributed by atoms with Gasteiger partial charge in [-0.25, -0.2) is 17.6 Å². The van der Waals surface area contributed by atoms with Gasteiger partial charge in [0, 0.05) is 24.1 Å². The van der Waals surface area contributed by atoms with Crippen molar-refractivity contribution in [1.82, 2.24) is 4.90 Å². The summed E-state index contributed by atoms with van der Waals surface area (Å²) in [7, 11) is 3.53. The summed E-state index contributed by atoms with van der Waals surface area (Å²) < 4.78 is 59.0. The number of carbonyl (C=O) groups excluding carboxylic acids is 1. The van der Waals surface area contributed by atoms with Crippen LogP contribution >= 0.6 is 0 Å². The molecule has 6 heteroatoms. The van der Waals surface area contributed by atoms with E-state index in [4.69, 9.17) is 0 Å². The molecule has 174 valence electrons. The van der Waals surface area contributed by atoms with Crippen LogP contribution in [0.4, 0.5) is 17.6 Å². The standard InChI is InChI=1S/C27H27F4NO/c1-5-23(33)27(16-17(2)32(3)4,24-25(30)21(28)15-22(29)26(24)31)20-13-11-19(12-14-20)18-9-7-6-8-10-18/h6-15,17H,5,16H2,1-4H3/t17-,27+/m0/s1. The molecule has 0 bridgehead atoms. The molecular formula is C27H27F4NO. The van der Waals surface area contributed by atoms with Gasteiger partial charge < -0.3 is 4.90 Å². The summed E-state index contributed by atoms with van der Waals surface area (Å²) in [6.45, 7) is 3.36. The predicted octanol–water partition coefficient (Wildman–Crippen LogP) is 6.52. The Kier molecular flexibility index (Phi) is 7.38. The summed E-state index contributed by atoms with van der Waals surface area (Å²) in [5, 5.41) is 0. The molecule has 3 aromatic carbocycles. The lowest BCUT2D eigenvalue weighted by atomic mass is 9.66. The fourth-order valence-corrected chi connectivity index (χ4v) is 4.23. The number of hydrogen-bond donors (Lipinski definition) is 0. The Hall–Kier alpha value is -2.99. The van der Waals surface area contributed by atoms with Crippen LogP contribution in [0.5, 0.6) is 0 Å². The molecule has 2 atom stereocenters. The van der Waals surface area contributed by atoms with Crippen LogP contribution < -0.4 is 0 Å². The molecule has 0 saturated carbocycles. The van der Waals surface area contributed by atoms with E-state index in [1.54, 1.807) is 57.1 Å². The fraction of sp³-hybridized carbons (Fsp3) is 0.296. The van der Waals surface area contributed by atoms with E-state index in [0.29, 0.717) is 0 Å². The highest BCUT2D eigenvalue weighted by atomic mass is 19.2. The van der Waals surface area contributed by atoms with Crippen LogP contribution in [0.15, 0.2) is 60.7 Å². The molecule has 2 nitrogen and oxygen atoms in total. The summed E-state index contributed by atoms with van der Waals surface area (Å²) in [5.41, 5.74) is -0.750. The maximum Gasteiger partial charge on any atom is 0.166 e. The fourth-order valence-electron chi connectivity index (χ4n) is 4.23. The second-order valence-electron chi connectivity index (χ2n) is 8.49. The highest BCUT2D eigenvalue weighted by molar-refractivity contribution is 5.94. The van der Waals surface area contributed by atoms with Crippen LogP contribution in [-0.2, 0) is 10.2 Å². The maximum absolute atomic E-state index is 15.2. The number of ketones is 1. The number of carbonyl (C=O) groups is 1. The van der Waals surface area contributed by atoms with Gasteiger partial charge in [-0.2, -0.15) is 0 Å². The van der Waals surface area contributed by atoms with Crippen LogP contribution in [-0.4, -0.2) is 30.8 Å². The normalized spacial score (nSPS) is 14.2. The van der Waals surface area contributed by atoms with E-state index in [1.165, 1.54) is 0 Å². The molecule has 3 aromatic rings. The Bertz CT molecular complexity index is 1100. The third-order valence-corrected chi connectivity index (χ3v) is 6.30. The number of halogens is 4. The molecule has 0 saturated heterocycles. The highest BCUT2D eigenvalue weighted by Crippen LogP contribution is 2.43. The second-order valence-corrected chi connectivity index (χ2v) is 8.49. The van der Waals surface area contributed by atoms with Crippen LogP contribution in [0.2, 0.25) is 0 Å². The Balaban J connectivity index is 2.33. The van der Waals surface area contributed by atoms with Crippen molar-refractivity contribution >= 4 is 5.78 Å². The van der Waals surface area contributed by atoms with Gasteiger partial charge in [0.15, 0.2) is 23.3 Å². The first-order chi connectivity index (χ1) is 15.6. The zero-order valence-electron chi connectivity index (χ0n) is 19.1. The molecule has 0 radical (unpaired) electrons. The minimum Gasteiger partial charge on any atom is -0.307 e. The lowest BCUT2D eigenvalue weighted by molar-refractivity contribution is -0.123. The van der Waals surface area contributed by atoms with Crippen molar-refractivity contribution in [3.05, 3.63) is 95.1 Å². The van der Waals surface area contributed by atoms with Gasteiger partial charge in [0.2, 0.25) is 0 Å². The molecule has 0 heterocycles. The largest absolute Gasteiger partial charge is 0.307 e. The Morgan fingerprint density at radius 2 is 1.39 bits per heavy atom. The number of nitrogens with zero attached hydrogens (tertiary/aromatic N) is 1. The molecule has 0 aliphatic rings. The molecular weight excluding hydrogens is 430 g/mol. The average molecular weight is 458 g/mol. The number of rotatable bonds is 8. The van der Waals surface area contributed by atoms with Crippen molar-refractivity contribution in [1.29, 1.82) is 0 Å². The molecule has 3 rings (SSSR count). The lowest BCUT2D eigenvalue weighted by Gasteiger charge is -2.38. The van der Waals surface area contributed by atoms with Gasteiger partial charge in [-0.05, 0) is 44.1 Å². The molecule has 0 spiro atoms. The smallest absolute Gasteiger partial charge is 0.166 e. The molecule has 0 N–H and O–H groups in total. The maximum atomic E-state index is 15.2. The first-order valence-corrected chi connectivity index (χ1v) is 10.8. The van der Waals surface area contributed by atoms with Crippen LogP contribution in [0.3, 0.4) is 0 Å². The van der Waals surface area contributed by atoms with Gasteiger partial charge in [-0.3, -0.25) is 4.79 Å². The van der Waals surface area contributed by atoms with Crippen LogP contribution in [0, 0.1) is 23.3 Å². The molecule has 0 aliphatic heterocycles. The van der Waals surface area contributed by atoms with E-state index >= 15 is 8.78 Å². The van der Waals surface area contributed by atoms with E-state index in [0.717, 1.165) is 11.1 Å². The van der Waals surface area contributed by atoms with E-state index in [2.05, 4.69) is 0 Å². The third-order valence-electron chi connectivity index (χ3n) is 6.30. The number of benzene rings is 3. The minimum absolute atomic E-state index is 0.0614. The first kappa shape index (κ1) is 24.6. The van der Waals surface area contributed by atoms with Gasteiger partial charge in [-0.1, -0.05) is 61.5 Å². The van der Waals surface area contributed by atoms with Crippen molar-refractivity contribution in [3.8, 4) is 11.1 Å². The van der Waals surface area contributed by atoms with E-state index in [1.807, 2.05) is 30.3 Å². The lowest BCUT2D eigenvalue weighted by Crippen LogP contribution is -2.44. The van der Waals surface area contributed by atoms with Crippen molar-refractivity contribution < 1.29 is 22.4 Å². The highest BCUT2D eigenvalue weighted by Gasteiger charge is 2.47. The van der Waals surface area contributed by atoms with Crippen LogP contribution in [0.25, 0.3) is 11.1 Å². The first-order valence-electron chi connectivity index (χ1n) is 10.8. The molecule has 0 unspecified atom stereocenters. The van der Waals surface area contributed by atoms with Crippen molar-refractivity contribution in [3.63, 3.8) is 0 Å². The number of hydrogen-bond acceptors (Lipinski definition) is 2. The summed E-state index contributed by atoms with van der Waals surface area (Å²) in [6, 6.07) is 16.0. The van der Waals surface area contributed by atoms with Gasteiger partial charge in [0.1, 0.15) is 5.78 Å². The number of Topliss-reactive ketones (excluding diaryl/α,β-unsaturated/α-hetero) is 1. The van der Waals surface area contributed by atoms with Gasteiger partial charge in [0.25, 0.3) is 0 Å². The summed E-state index contributed by atoms with van der Waals surface area (Å²) in [4.78, 5) is 15.3. The zero-order chi connectivity index (χ0) is 24.3. The van der Waals surface area contributed by atoms with Crippen molar-refractivity contribution in [2.75, 3.05) is 14.1 Å². The quantitative estimate of drug-likeness (QED) is 0.284. The zero-order valence-corrected chi connectivity index (χ0v) is 19.1. The molecule has 0 amide bonds. The van der Waals surface area contributed by atoms with Gasteiger partial charge in [0.05, 0.1) is 5.41 Å². The SMILES string of the molecule is CCC(=O)[C@@](C[C@H](C)N(C)C)(c1ccc(-c2ccccc2)cc1)c1c(F)c(F)cc(F)c1F. The summed E-state index contributed by atoms with van der Waals surface area (Å²) in [5.74, 6) is -6.68. The second kappa shape index (κ2) is 9.87.